The Kier molecular flexibility index (Phi) is 17.2. The quantitative estimate of drug-likeness (QED) is 0.105. The van der Waals surface area contributed by atoms with Gasteiger partial charge in [-0.25, -0.2) is 0 Å². The summed E-state index contributed by atoms with van der Waals surface area (Å²) in [7, 11) is 11.0. The van der Waals surface area contributed by atoms with Crippen molar-refractivity contribution in [3.05, 3.63) is 181 Å². The van der Waals surface area contributed by atoms with Gasteiger partial charge in [0.1, 0.15) is 0 Å². The minimum atomic E-state index is -0.826. The molecule has 0 heterocycles. The summed E-state index contributed by atoms with van der Waals surface area (Å²) in [6.07, 6.45) is 2.34. The summed E-state index contributed by atoms with van der Waals surface area (Å²) in [6, 6.07) is 61.6. The van der Waals surface area contributed by atoms with E-state index >= 15 is 0 Å². The summed E-state index contributed by atoms with van der Waals surface area (Å²) in [4.78, 5) is 0. The maximum absolute atomic E-state index is 4.93. The van der Waals surface area contributed by atoms with Gasteiger partial charge in [0.15, 0.2) is 0 Å². The first-order chi connectivity index (χ1) is 27.4. The van der Waals surface area contributed by atoms with Crippen LogP contribution in [-0.2, 0) is 20.8 Å². The van der Waals surface area contributed by atoms with Gasteiger partial charge < -0.3 is 0 Å². The molecule has 0 aliphatic heterocycles. The first-order valence-electron chi connectivity index (χ1n) is 19.6. The van der Waals surface area contributed by atoms with Gasteiger partial charge in [-0.3, -0.25) is 0 Å². The SMILES string of the molecule is CCC(C)c1cc2c(-c3ccccc3)c(-c3ccccc3)ccc2[cH-]1.CCC(C)c1cc2c(-c3ccccc3)c(-c3ccccc3)ccc2[cH-]1.C[Si]C.[Cl][Zr+2][Cl]. The molecule has 2 radical (unpaired) electrons. The van der Waals surface area contributed by atoms with Crippen molar-refractivity contribution in [3.63, 3.8) is 0 Å². The summed E-state index contributed by atoms with van der Waals surface area (Å²) >= 11 is -0.826. The molecule has 0 aliphatic rings. The first-order valence-corrected chi connectivity index (χ1v) is 27.9. The zero-order chi connectivity index (χ0) is 39.9. The van der Waals surface area contributed by atoms with Gasteiger partial charge in [-0.1, -0.05) is 198 Å². The van der Waals surface area contributed by atoms with E-state index in [2.05, 4.69) is 211 Å². The Bertz CT molecular complexity index is 2180. The summed E-state index contributed by atoms with van der Waals surface area (Å²) in [6.45, 7) is 13.5. The molecule has 0 spiro atoms. The van der Waals surface area contributed by atoms with Crippen LogP contribution < -0.4 is 0 Å². The van der Waals surface area contributed by atoms with Crippen molar-refractivity contribution in [2.45, 2.75) is 65.5 Å². The van der Waals surface area contributed by atoms with Crippen molar-refractivity contribution < 1.29 is 20.8 Å². The number of hydrogen-bond donors (Lipinski definition) is 0. The zero-order valence-corrected chi connectivity index (χ0v) is 38.5. The van der Waals surface area contributed by atoms with Gasteiger partial charge in [0.25, 0.3) is 0 Å². The van der Waals surface area contributed by atoms with E-state index in [1.54, 1.807) is 0 Å². The molecule has 0 amide bonds. The van der Waals surface area contributed by atoms with E-state index in [0.717, 1.165) is 9.52 Å². The Morgan fingerprint density at radius 2 is 0.768 bits per heavy atom. The van der Waals surface area contributed by atoms with Crippen LogP contribution in [0.1, 0.15) is 63.5 Å². The van der Waals surface area contributed by atoms with Crippen molar-refractivity contribution in [2.75, 3.05) is 0 Å². The van der Waals surface area contributed by atoms with Crippen LogP contribution in [0.4, 0.5) is 0 Å². The van der Waals surface area contributed by atoms with Crippen LogP contribution in [0.25, 0.3) is 66.1 Å². The van der Waals surface area contributed by atoms with Gasteiger partial charge in [0, 0.05) is 9.52 Å². The van der Waals surface area contributed by atoms with E-state index in [-0.39, 0.29) is 0 Å². The molecule has 0 aromatic heterocycles. The molecule has 0 N–H and O–H groups in total. The number of hydrogen-bond acceptors (Lipinski definition) is 0. The molecule has 8 rings (SSSR count). The fourth-order valence-corrected chi connectivity index (χ4v) is 7.20. The molecule has 0 fully saturated rings. The van der Waals surface area contributed by atoms with Crippen molar-refractivity contribution >= 4 is 48.1 Å². The van der Waals surface area contributed by atoms with Gasteiger partial charge in [0.2, 0.25) is 0 Å². The van der Waals surface area contributed by atoms with Crippen LogP contribution in [0.3, 0.4) is 0 Å². The third-order valence-corrected chi connectivity index (χ3v) is 10.5. The second kappa shape index (κ2) is 22.2. The Hall–Kier alpha value is -3.78. The monoisotopic (exact) mass is 864 g/mol. The number of rotatable bonds is 8. The van der Waals surface area contributed by atoms with E-state index in [1.165, 1.54) is 90.0 Å². The molecule has 2 atom stereocenters. The van der Waals surface area contributed by atoms with E-state index in [9.17, 15) is 0 Å². The van der Waals surface area contributed by atoms with Crippen LogP contribution in [0.5, 0.6) is 0 Å². The van der Waals surface area contributed by atoms with Crippen LogP contribution in [-0.4, -0.2) is 9.52 Å². The second-order valence-electron chi connectivity index (χ2n) is 14.2. The molecule has 8 aromatic rings. The van der Waals surface area contributed by atoms with E-state index in [1.807, 2.05) is 0 Å². The predicted octanol–water partition coefficient (Wildman–Crippen LogP) is 17.0. The zero-order valence-electron chi connectivity index (χ0n) is 33.5. The fourth-order valence-electron chi connectivity index (χ4n) is 7.20. The molecular weight excluding hydrogens is 815 g/mol. The Balaban J connectivity index is 0.000000188. The van der Waals surface area contributed by atoms with Crippen LogP contribution >= 0.6 is 17.0 Å². The summed E-state index contributed by atoms with van der Waals surface area (Å²) < 4.78 is 0. The molecule has 56 heavy (non-hydrogen) atoms. The first kappa shape index (κ1) is 43.3. The number of benzene rings is 6. The third kappa shape index (κ3) is 10.8. The Morgan fingerprint density at radius 1 is 0.482 bits per heavy atom. The molecule has 0 bridgehead atoms. The van der Waals surface area contributed by atoms with Crippen molar-refractivity contribution in [2.24, 2.45) is 0 Å². The van der Waals surface area contributed by atoms with Gasteiger partial charge >= 0.3 is 37.9 Å². The molecular formula is C52H52Cl2SiZr. The van der Waals surface area contributed by atoms with Crippen LogP contribution in [0, 0.1) is 0 Å². The summed E-state index contributed by atoms with van der Waals surface area (Å²) in [5.74, 6) is 1.19. The summed E-state index contributed by atoms with van der Waals surface area (Å²) in [5.41, 5.74) is 13.3. The average Bonchev–Trinajstić information content (AvgIpc) is 3.90. The van der Waals surface area contributed by atoms with Gasteiger partial charge in [-0.05, 0) is 45.2 Å². The Labute approximate surface area is 357 Å². The number of halogens is 2. The average molecular weight is 867 g/mol. The molecule has 0 nitrogen and oxygen atoms in total. The molecule has 282 valence electrons. The molecule has 0 saturated carbocycles. The minimum absolute atomic E-state index is 0.594. The van der Waals surface area contributed by atoms with E-state index < -0.39 is 20.8 Å². The van der Waals surface area contributed by atoms with Gasteiger partial charge in [0.05, 0.1) is 0 Å². The standard InChI is InChI=1S/2C25H23.C2H6Si.2ClH.Zr/c2*1-3-18(2)22-16-21-14-15-23(19-10-6-4-7-11-19)25(24(21)17-22)20-12-8-5-9-13-20;1-3-2;;;/h2*4-18H,3H2,1-2H3;1-2H3;2*1H;/q2*-1;;;;+4/p-2. The Morgan fingerprint density at radius 3 is 1.05 bits per heavy atom. The van der Waals surface area contributed by atoms with Gasteiger partial charge in [-0.2, -0.15) is 12.1 Å². The van der Waals surface area contributed by atoms with Crippen molar-refractivity contribution in [1.82, 2.24) is 0 Å². The van der Waals surface area contributed by atoms with E-state index in [4.69, 9.17) is 17.0 Å². The van der Waals surface area contributed by atoms with Crippen LogP contribution in [0.2, 0.25) is 13.1 Å². The van der Waals surface area contributed by atoms with E-state index in [0.29, 0.717) is 11.8 Å². The normalized spacial score (nSPS) is 11.6. The van der Waals surface area contributed by atoms with Crippen LogP contribution in [0.15, 0.2) is 170 Å². The number of fused-ring (bicyclic) bond motifs is 2. The second-order valence-corrected chi connectivity index (χ2v) is 18.9. The van der Waals surface area contributed by atoms with Crippen molar-refractivity contribution in [3.8, 4) is 44.5 Å². The molecule has 0 saturated heterocycles. The van der Waals surface area contributed by atoms with Crippen molar-refractivity contribution in [1.29, 1.82) is 0 Å². The molecule has 0 aliphatic carbocycles. The van der Waals surface area contributed by atoms with Gasteiger partial charge in [-0.15, -0.1) is 56.9 Å². The third-order valence-electron chi connectivity index (χ3n) is 10.5. The predicted molar refractivity (Wildman–Crippen MR) is 247 cm³/mol. The summed E-state index contributed by atoms with van der Waals surface area (Å²) in [5, 5.41) is 5.41. The fraction of sp³-hybridized carbons (Fsp3) is 0.192. The molecule has 2 unspecified atom stereocenters. The molecule has 4 heteroatoms. The maximum atomic E-state index is 4.93. The topological polar surface area (TPSA) is 0 Å². The molecule has 8 aromatic carbocycles.